The van der Waals surface area contributed by atoms with Crippen molar-refractivity contribution in [3.8, 4) is 0 Å². The van der Waals surface area contributed by atoms with Crippen molar-refractivity contribution in [1.82, 2.24) is 5.32 Å². The van der Waals surface area contributed by atoms with Crippen molar-refractivity contribution < 1.29 is 4.79 Å². The molecule has 5 heteroatoms. The van der Waals surface area contributed by atoms with Gasteiger partial charge in [-0.05, 0) is 12.1 Å². The van der Waals surface area contributed by atoms with Crippen molar-refractivity contribution in [3.05, 3.63) is 18.2 Å². The number of hydrogen-bond donors (Lipinski definition) is 2. The highest BCUT2D eigenvalue weighted by molar-refractivity contribution is 8.00. The van der Waals surface area contributed by atoms with E-state index in [4.69, 9.17) is 0 Å². The van der Waals surface area contributed by atoms with Gasteiger partial charge >= 0.3 is 0 Å². The number of rotatable bonds is 1. The Bertz CT molecular complexity index is 443. The highest BCUT2D eigenvalue weighted by Crippen LogP contribution is 2.39. The van der Waals surface area contributed by atoms with Crippen molar-refractivity contribution >= 4 is 29.0 Å². The van der Waals surface area contributed by atoms with E-state index in [-0.39, 0.29) is 5.91 Å². The van der Waals surface area contributed by atoms with Crippen LogP contribution in [0.5, 0.6) is 0 Å². The molecule has 2 heterocycles. The molecular formula is C12H15N3OS. The Kier molecular flexibility index (Phi) is 2.94. The normalized spacial score (nSPS) is 19.8. The number of hydrogen-bond acceptors (Lipinski definition) is 4. The van der Waals surface area contributed by atoms with Crippen LogP contribution in [-0.2, 0) is 4.79 Å². The summed E-state index contributed by atoms with van der Waals surface area (Å²) < 4.78 is 0. The predicted molar refractivity (Wildman–Crippen MR) is 70.9 cm³/mol. The fourth-order valence-corrected chi connectivity index (χ4v) is 3.22. The standard InChI is InChI=1S/C12H15N3OS/c16-11-8-17-12-9(14-11)2-1-3-10(12)15-6-4-13-5-7-15/h1-3,13H,4-8H2,(H,14,16). The maximum Gasteiger partial charge on any atom is 0.234 e. The quantitative estimate of drug-likeness (QED) is 0.783. The molecule has 17 heavy (non-hydrogen) atoms. The number of carbonyl (C=O) groups is 1. The molecule has 0 bridgehead atoms. The zero-order chi connectivity index (χ0) is 11.7. The summed E-state index contributed by atoms with van der Waals surface area (Å²) in [5.74, 6) is 0.621. The van der Waals surface area contributed by atoms with Crippen LogP contribution < -0.4 is 15.5 Å². The molecule has 90 valence electrons. The third-order valence-electron chi connectivity index (χ3n) is 3.07. The summed E-state index contributed by atoms with van der Waals surface area (Å²) in [5, 5.41) is 6.29. The van der Waals surface area contributed by atoms with Gasteiger partial charge in [-0.25, -0.2) is 0 Å². The van der Waals surface area contributed by atoms with Gasteiger partial charge in [0.05, 0.1) is 22.0 Å². The molecule has 0 atom stereocenters. The smallest absolute Gasteiger partial charge is 0.234 e. The van der Waals surface area contributed by atoms with E-state index in [2.05, 4.69) is 21.6 Å². The number of benzene rings is 1. The third-order valence-corrected chi connectivity index (χ3v) is 4.20. The van der Waals surface area contributed by atoms with E-state index < -0.39 is 0 Å². The Balaban J connectivity index is 1.94. The second kappa shape index (κ2) is 4.58. The molecule has 0 spiro atoms. The molecule has 2 N–H and O–H groups in total. The number of fused-ring (bicyclic) bond motifs is 1. The Morgan fingerprint density at radius 3 is 2.88 bits per heavy atom. The second-order valence-corrected chi connectivity index (χ2v) is 5.21. The predicted octanol–water partition coefficient (Wildman–Crippen LogP) is 1.14. The van der Waals surface area contributed by atoms with Crippen molar-refractivity contribution in [3.63, 3.8) is 0 Å². The van der Waals surface area contributed by atoms with Crippen molar-refractivity contribution in [1.29, 1.82) is 0 Å². The Morgan fingerprint density at radius 2 is 2.06 bits per heavy atom. The van der Waals surface area contributed by atoms with E-state index in [9.17, 15) is 4.79 Å². The average Bonchev–Trinajstić information content (AvgIpc) is 2.39. The van der Waals surface area contributed by atoms with E-state index >= 15 is 0 Å². The van der Waals surface area contributed by atoms with Gasteiger partial charge in [0.25, 0.3) is 0 Å². The van der Waals surface area contributed by atoms with Gasteiger partial charge in [-0.1, -0.05) is 6.07 Å². The minimum absolute atomic E-state index is 0.0972. The van der Waals surface area contributed by atoms with Gasteiger partial charge in [0.1, 0.15) is 0 Å². The zero-order valence-electron chi connectivity index (χ0n) is 9.53. The minimum atomic E-state index is 0.0972. The average molecular weight is 249 g/mol. The molecule has 1 aromatic rings. The molecule has 0 aliphatic carbocycles. The molecule has 0 unspecified atom stereocenters. The minimum Gasteiger partial charge on any atom is -0.368 e. The van der Waals surface area contributed by atoms with Gasteiger partial charge in [0.2, 0.25) is 5.91 Å². The monoisotopic (exact) mass is 249 g/mol. The lowest BCUT2D eigenvalue weighted by Crippen LogP contribution is -2.43. The van der Waals surface area contributed by atoms with E-state index in [0.717, 1.165) is 31.9 Å². The van der Waals surface area contributed by atoms with Crippen LogP contribution in [0, 0.1) is 0 Å². The number of nitrogens with one attached hydrogen (secondary N) is 2. The van der Waals surface area contributed by atoms with E-state index in [0.29, 0.717) is 5.75 Å². The summed E-state index contributed by atoms with van der Waals surface area (Å²) in [4.78, 5) is 15.0. The number of nitrogens with zero attached hydrogens (tertiary/aromatic N) is 1. The number of carbonyl (C=O) groups excluding carboxylic acids is 1. The largest absolute Gasteiger partial charge is 0.368 e. The van der Waals surface area contributed by atoms with Gasteiger partial charge in [0, 0.05) is 26.2 Å². The lowest BCUT2D eigenvalue weighted by Gasteiger charge is -2.32. The van der Waals surface area contributed by atoms with Crippen LogP contribution in [0.25, 0.3) is 0 Å². The van der Waals surface area contributed by atoms with Crippen molar-refractivity contribution in [2.24, 2.45) is 0 Å². The van der Waals surface area contributed by atoms with Gasteiger partial charge in [0.15, 0.2) is 0 Å². The molecule has 1 aromatic carbocycles. The topological polar surface area (TPSA) is 44.4 Å². The summed E-state index contributed by atoms with van der Waals surface area (Å²) in [5.41, 5.74) is 2.22. The fraction of sp³-hybridized carbons (Fsp3) is 0.417. The van der Waals surface area contributed by atoms with E-state index in [1.165, 1.54) is 10.6 Å². The summed E-state index contributed by atoms with van der Waals surface area (Å²) in [6.07, 6.45) is 0. The molecular weight excluding hydrogens is 234 g/mol. The summed E-state index contributed by atoms with van der Waals surface area (Å²) in [6, 6.07) is 6.14. The molecule has 2 aliphatic heterocycles. The summed E-state index contributed by atoms with van der Waals surface area (Å²) >= 11 is 1.64. The van der Waals surface area contributed by atoms with Crippen LogP contribution in [0.4, 0.5) is 11.4 Å². The maximum absolute atomic E-state index is 11.4. The van der Waals surface area contributed by atoms with Crippen LogP contribution in [0.3, 0.4) is 0 Å². The lowest BCUT2D eigenvalue weighted by molar-refractivity contribution is -0.113. The second-order valence-electron chi connectivity index (χ2n) is 4.23. The molecule has 2 aliphatic rings. The fourth-order valence-electron chi connectivity index (χ4n) is 2.25. The van der Waals surface area contributed by atoms with Gasteiger partial charge in [-0.3, -0.25) is 4.79 Å². The Hall–Kier alpha value is -1.20. The highest BCUT2D eigenvalue weighted by Gasteiger charge is 2.21. The number of anilines is 2. The first-order chi connectivity index (χ1) is 8.34. The van der Waals surface area contributed by atoms with Crippen molar-refractivity contribution in [2.45, 2.75) is 4.90 Å². The van der Waals surface area contributed by atoms with Gasteiger partial charge in [-0.15, -0.1) is 11.8 Å². The van der Waals surface area contributed by atoms with Crippen LogP contribution in [-0.4, -0.2) is 37.8 Å². The first-order valence-corrected chi connectivity index (χ1v) is 6.84. The van der Waals surface area contributed by atoms with Crippen LogP contribution >= 0.6 is 11.8 Å². The zero-order valence-corrected chi connectivity index (χ0v) is 10.3. The Labute approximate surface area is 105 Å². The van der Waals surface area contributed by atoms with Crippen LogP contribution in [0.2, 0.25) is 0 Å². The van der Waals surface area contributed by atoms with Gasteiger partial charge < -0.3 is 15.5 Å². The van der Waals surface area contributed by atoms with Gasteiger partial charge in [-0.2, -0.15) is 0 Å². The SMILES string of the molecule is O=C1CSc2c(cccc2N2CCNCC2)N1. The van der Waals surface area contributed by atoms with E-state index in [1.54, 1.807) is 11.8 Å². The molecule has 4 nitrogen and oxygen atoms in total. The lowest BCUT2D eigenvalue weighted by atomic mass is 10.2. The van der Waals surface area contributed by atoms with Crippen molar-refractivity contribution in [2.75, 3.05) is 42.1 Å². The number of thioether (sulfide) groups is 1. The van der Waals surface area contributed by atoms with E-state index in [1.807, 2.05) is 12.1 Å². The third kappa shape index (κ3) is 2.12. The molecule has 0 radical (unpaired) electrons. The molecule has 0 saturated carbocycles. The van der Waals surface area contributed by atoms with Crippen LogP contribution in [0.15, 0.2) is 23.1 Å². The Morgan fingerprint density at radius 1 is 1.24 bits per heavy atom. The molecule has 1 saturated heterocycles. The number of amides is 1. The summed E-state index contributed by atoms with van der Waals surface area (Å²) in [6.45, 7) is 4.12. The molecule has 0 aromatic heterocycles. The number of piperazine rings is 1. The molecule has 3 rings (SSSR count). The first kappa shape index (κ1) is 10.9. The molecule has 1 fully saturated rings. The molecule has 1 amide bonds. The first-order valence-electron chi connectivity index (χ1n) is 5.86. The maximum atomic E-state index is 11.4. The summed E-state index contributed by atoms with van der Waals surface area (Å²) in [7, 11) is 0. The highest BCUT2D eigenvalue weighted by atomic mass is 32.2. The van der Waals surface area contributed by atoms with Crippen LogP contribution in [0.1, 0.15) is 0 Å².